The number of carbonyl (C=O) groups is 2. The third-order valence-electron chi connectivity index (χ3n) is 4.98. The topological polar surface area (TPSA) is 59.1 Å². The van der Waals surface area contributed by atoms with Crippen molar-refractivity contribution in [3.8, 4) is 11.5 Å². The molecule has 8 heteroatoms. The number of nitrogens with zero attached hydrogens (tertiary/aromatic N) is 2. The van der Waals surface area contributed by atoms with Crippen molar-refractivity contribution in [2.24, 2.45) is 0 Å². The Morgan fingerprint density at radius 1 is 1.06 bits per heavy atom. The fourth-order valence-electron chi connectivity index (χ4n) is 3.32. The van der Waals surface area contributed by atoms with Crippen LogP contribution in [0.3, 0.4) is 0 Å². The molecular weight excluding hydrogens is 423 g/mol. The van der Waals surface area contributed by atoms with Crippen LogP contribution in [0.5, 0.6) is 11.5 Å². The lowest BCUT2D eigenvalue weighted by molar-refractivity contribution is -0.134. The van der Waals surface area contributed by atoms with E-state index >= 15 is 0 Å². The molecule has 1 aliphatic rings. The van der Waals surface area contributed by atoms with Gasteiger partial charge < -0.3 is 19.3 Å². The largest absolute Gasteiger partial charge is 0.493 e. The molecule has 0 bridgehead atoms. The van der Waals surface area contributed by atoms with E-state index in [1.807, 2.05) is 31.2 Å². The average molecular weight is 447 g/mol. The molecule has 3 rings (SSSR count). The summed E-state index contributed by atoms with van der Waals surface area (Å²) in [5, 5.41) is 0.0753. The van der Waals surface area contributed by atoms with Gasteiger partial charge in [0.25, 0.3) is 11.8 Å². The third kappa shape index (κ3) is 5.55. The Balaban J connectivity index is 1.54. The van der Waals surface area contributed by atoms with Gasteiger partial charge >= 0.3 is 0 Å². The van der Waals surface area contributed by atoms with Crippen LogP contribution in [0.25, 0.3) is 6.08 Å². The molecule has 0 aromatic heterocycles. The highest BCUT2D eigenvalue weighted by Crippen LogP contribution is 2.28. The maximum atomic E-state index is 13.2. The Morgan fingerprint density at radius 2 is 1.77 bits per heavy atom. The van der Waals surface area contributed by atoms with Crippen molar-refractivity contribution in [2.75, 3.05) is 39.9 Å². The van der Waals surface area contributed by atoms with Crippen molar-refractivity contribution in [3.63, 3.8) is 0 Å². The number of hydrogen-bond donors (Lipinski definition) is 0. The Kier molecular flexibility index (Phi) is 7.52. The van der Waals surface area contributed by atoms with E-state index < -0.39 is 5.82 Å². The fourth-order valence-corrected chi connectivity index (χ4v) is 3.57. The van der Waals surface area contributed by atoms with Crippen molar-refractivity contribution in [3.05, 3.63) is 64.4 Å². The van der Waals surface area contributed by atoms with E-state index in [1.165, 1.54) is 12.1 Å². The smallest absolute Gasteiger partial charge is 0.260 e. The van der Waals surface area contributed by atoms with Gasteiger partial charge in [-0.2, -0.15) is 0 Å². The zero-order chi connectivity index (χ0) is 22.4. The van der Waals surface area contributed by atoms with Gasteiger partial charge in [-0.05, 0) is 42.8 Å². The number of carbonyl (C=O) groups excluding carboxylic acids is 2. The lowest BCUT2D eigenvalue weighted by atomic mass is 10.1. The van der Waals surface area contributed by atoms with E-state index in [9.17, 15) is 14.0 Å². The SMILES string of the molecule is C/C=C/c1ccc(OCC(=O)N2CCN(C(=O)c3ccc(F)cc3Cl)CC2)c(OC)c1. The van der Waals surface area contributed by atoms with Gasteiger partial charge in [0.05, 0.1) is 17.7 Å². The maximum absolute atomic E-state index is 13.2. The number of rotatable bonds is 6. The molecule has 0 radical (unpaired) electrons. The number of benzene rings is 2. The molecule has 1 aliphatic heterocycles. The van der Waals surface area contributed by atoms with Gasteiger partial charge in [-0.15, -0.1) is 0 Å². The molecule has 0 aliphatic carbocycles. The number of amides is 2. The Bertz CT molecular complexity index is 988. The number of methoxy groups -OCH3 is 1. The number of allylic oxidation sites excluding steroid dienone is 1. The maximum Gasteiger partial charge on any atom is 0.260 e. The summed E-state index contributed by atoms with van der Waals surface area (Å²) >= 11 is 5.99. The monoisotopic (exact) mass is 446 g/mol. The van der Waals surface area contributed by atoms with Crippen molar-refractivity contribution in [1.29, 1.82) is 0 Å². The second-order valence-electron chi connectivity index (χ2n) is 7.00. The van der Waals surface area contributed by atoms with Gasteiger partial charge in [0.2, 0.25) is 0 Å². The lowest BCUT2D eigenvalue weighted by Gasteiger charge is -2.34. The minimum atomic E-state index is -0.495. The highest BCUT2D eigenvalue weighted by atomic mass is 35.5. The minimum Gasteiger partial charge on any atom is -0.493 e. The van der Waals surface area contributed by atoms with Crippen LogP contribution in [0.15, 0.2) is 42.5 Å². The molecule has 1 saturated heterocycles. The summed E-state index contributed by atoms with van der Waals surface area (Å²) in [5.74, 6) is 0.0923. The summed E-state index contributed by atoms with van der Waals surface area (Å²) < 4.78 is 24.2. The van der Waals surface area contributed by atoms with Crippen LogP contribution in [-0.2, 0) is 4.79 Å². The molecule has 2 amide bonds. The number of piperazine rings is 1. The fraction of sp³-hybridized carbons (Fsp3) is 0.304. The third-order valence-corrected chi connectivity index (χ3v) is 5.29. The molecule has 164 valence electrons. The van der Waals surface area contributed by atoms with E-state index in [-0.39, 0.29) is 29.0 Å². The minimum absolute atomic E-state index is 0.0753. The molecule has 6 nitrogen and oxygen atoms in total. The van der Waals surface area contributed by atoms with E-state index in [2.05, 4.69) is 0 Å². The second-order valence-corrected chi connectivity index (χ2v) is 7.40. The lowest BCUT2D eigenvalue weighted by Crippen LogP contribution is -2.51. The van der Waals surface area contributed by atoms with Gasteiger partial charge in [0.1, 0.15) is 5.82 Å². The van der Waals surface area contributed by atoms with Gasteiger partial charge in [-0.25, -0.2) is 4.39 Å². The molecule has 0 unspecified atom stereocenters. The Hall–Kier alpha value is -3.06. The molecule has 31 heavy (non-hydrogen) atoms. The van der Waals surface area contributed by atoms with Crippen LogP contribution in [-0.4, -0.2) is 61.5 Å². The quantitative estimate of drug-likeness (QED) is 0.675. The van der Waals surface area contributed by atoms with E-state index in [4.69, 9.17) is 21.1 Å². The first-order valence-corrected chi connectivity index (χ1v) is 10.3. The van der Waals surface area contributed by atoms with Crippen LogP contribution in [0.2, 0.25) is 5.02 Å². The summed E-state index contributed by atoms with van der Waals surface area (Å²) in [6, 6.07) is 9.18. The van der Waals surface area contributed by atoms with E-state index in [0.29, 0.717) is 37.7 Å². The zero-order valence-electron chi connectivity index (χ0n) is 17.4. The predicted octanol–water partition coefficient (Wildman–Crippen LogP) is 3.88. The van der Waals surface area contributed by atoms with Crippen molar-refractivity contribution >= 4 is 29.5 Å². The standard InChI is InChI=1S/C23H24ClFN2O4/c1-3-4-16-5-8-20(21(13-16)30-2)31-15-22(28)26-9-11-27(12-10-26)23(29)18-7-6-17(25)14-19(18)24/h3-8,13-14H,9-12,15H2,1-2H3/b4-3+. The number of hydrogen-bond acceptors (Lipinski definition) is 4. The van der Waals surface area contributed by atoms with Crippen LogP contribution in [0.1, 0.15) is 22.8 Å². The Labute approximate surface area is 185 Å². The summed E-state index contributed by atoms with van der Waals surface area (Å²) in [4.78, 5) is 28.5. The first kappa shape index (κ1) is 22.6. The van der Waals surface area contributed by atoms with Gasteiger partial charge in [0, 0.05) is 26.2 Å². The van der Waals surface area contributed by atoms with Crippen LogP contribution in [0.4, 0.5) is 4.39 Å². The molecule has 2 aromatic carbocycles. The predicted molar refractivity (Wildman–Crippen MR) is 117 cm³/mol. The molecular formula is C23H24ClFN2O4. The molecule has 2 aromatic rings. The normalized spacial score (nSPS) is 14.1. The van der Waals surface area contributed by atoms with E-state index in [1.54, 1.807) is 23.0 Å². The molecule has 0 atom stereocenters. The van der Waals surface area contributed by atoms with Crippen LogP contribution < -0.4 is 9.47 Å². The summed E-state index contributed by atoms with van der Waals surface area (Å²) in [6.45, 7) is 3.28. The first-order chi connectivity index (χ1) is 14.9. The molecule has 0 spiro atoms. The van der Waals surface area contributed by atoms with Crippen molar-refractivity contribution in [1.82, 2.24) is 9.80 Å². The second kappa shape index (κ2) is 10.3. The van der Waals surface area contributed by atoms with Gasteiger partial charge in [-0.3, -0.25) is 9.59 Å². The average Bonchev–Trinajstić information content (AvgIpc) is 2.77. The highest BCUT2D eigenvalue weighted by Gasteiger charge is 2.26. The van der Waals surface area contributed by atoms with E-state index in [0.717, 1.165) is 11.6 Å². The number of halogens is 2. The zero-order valence-corrected chi connectivity index (χ0v) is 18.2. The van der Waals surface area contributed by atoms with Gasteiger partial charge in [-0.1, -0.05) is 29.8 Å². The molecule has 1 heterocycles. The highest BCUT2D eigenvalue weighted by molar-refractivity contribution is 6.33. The summed E-state index contributed by atoms with van der Waals surface area (Å²) in [7, 11) is 1.55. The van der Waals surface area contributed by atoms with Gasteiger partial charge in [0.15, 0.2) is 18.1 Å². The molecule has 1 fully saturated rings. The summed E-state index contributed by atoms with van der Waals surface area (Å²) in [5.41, 5.74) is 1.22. The summed E-state index contributed by atoms with van der Waals surface area (Å²) in [6.07, 6.45) is 3.87. The van der Waals surface area contributed by atoms with Crippen molar-refractivity contribution < 1.29 is 23.5 Å². The molecule has 0 N–H and O–H groups in total. The molecule has 0 saturated carbocycles. The Morgan fingerprint density at radius 3 is 2.42 bits per heavy atom. The van der Waals surface area contributed by atoms with Crippen molar-refractivity contribution in [2.45, 2.75) is 6.92 Å². The van der Waals surface area contributed by atoms with Crippen LogP contribution in [0, 0.1) is 5.82 Å². The number of ether oxygens (including phenoxy) is 2. The van der Waals surface area contributed by atoms with Crippen LogP contribution >= 0.6 is 11.6 Å². The first-order valence-electron chi connectivity index (χ1n) is 9.88.